The van der Waals surface area contributed by atoms with E-state index in [4.69, 9.17) is 9.15 Å². The van der Waals surface area contributed by atoms with Gasteiger partial charge in [-0.05, 0) is 6.07 Å². The molecule has 0 aliphatic carbocycles. The molecule has 1 atom stereocenters. The molecule has 1 aromatic carbocycles. The number of rotatable bonds is 3. The number of hydrogen-bond acceptors (Lipinski definition) is 4. The van der Waals surface area contributed by atoms with E-state index in [0.29, 0.717) is 31.2 Å². The number of benzene rings is 1. The molecule has 0 spiro atoms. The first-order valence-corrected chi connectivity index (χ1v) is 7.96. The van der Waals surface area contributed by atoms with E-state index in [1.807, 2.05) is 12.1 Å². The Kier molecular flexibility index (Phi) is 4.50. The van der Waals surface area contributed by atoms with Gasteiger partial charge in [0.25, 0.3) is 0 Å². The van der Waals surface area contributed by atoms with Crippen LogP contribution in [-0.2, 0) is 16.7 Å². The Morgan fingerprint density at radius 1 is 1.30 bits per heavy atom. The number of morpholine rings is 1. The third-order valence-electron chi connectivity index (χ3n) is 4.15. The molecule has 1 aliphatic rings. The van der Waals surface area contributed by atoms with Crippen LogP contribution in [0, 0.1) is 5.82 Å². The Hall–Kier alpha value is -1.72. The number of oxazole rings is 1. The number of hydrogen-bond donors (Lipinski definition) is 0. The second-order valence-corrected chi connectivity index (χ2v) is 6.97. The molecule has 2 aromatic rings. The highest BCUT2D eigenvalue weighted by molar-refractivity contribution is 5.18. The maximum absolute atomic E-state index is 13.9. The van der Waals surface area contributed by atoms with Crippen LogP contribution >= 0.6 is 0 Å². The highest BCUT2D eigenvalue weighted by Gasteiger charge is 2.30. The number of halogens is 1. The first kappa shape index (κ1) is 16.1. The lowest BCUT2D eigenvalue weighted by molar-refractivity contribution is -0.0227. The summed E-state index contributed by atoms with van der Waals surface area (Å²) >= 11 is 0. The molecule has 0 amide bonds. The van der Waals surface area contributed by atoms with Crippen LogP contribution in [-0.4, -0.2) is 29.6 Å². The van der Waals surface area contributed by atoms with E-state index >= 15 is 0 Å². The first-order valence-electron chi connectivity index (χ1n) is 7.96. The van der Waals surface area contributed by atoms with E-state index in [2.05, 4.69) is 30.7 Å². The maximum Gasteiger partial charge on any atom is 0.214 e. The predicted octanol–water partition coefficient (Wildman–Crippen LogP) is 3.68. The van der Waals surface area contributed by atoms with Crippen molar-refractivity contribution in [3.8, 4) is 0 Å². The molecule has 1 unspecified atom stereocenters. The zero-order chi connectivity index (χ0) is 16.4. The Morgan fingerprint density at radius 3 is 2.78 bits per heavy atom. The van der Waals surface area contributed by atoms with Crippen LogP contribution in [0.5, 0.6) is 0 Å². The Morgan fingerprint density at radius 2 is 2.09 bits per heavy atom. The van der Waals surface area contributed by atoms with Gasteiger partial charge >= 0.3 is 0 Å². The van der Waals surface area contributed by atoms with E-state index in [1.54, 1.807) is 12.3 Å². The van der Waals surface area contributed by atoms with Gasteiger partial charge in [0.1, 0.15) is 18.1 Å². The average molecular weight is 318 g/mol. The largest absolute Gasteiger partial charge is 0.447 e. The summed E-state index contributed by atoms with van der Waals surface area (Å²) in [6.07, 6.45) is 1.71. The fourth-order valence-corrected chi connectivity index (χ4v) is 2.69. The summed E-state index contributed by atoms with van der Waals surface area (Å²) in [6, 6.07) is 6.79. The van der Waals surface area contributed by atoms with Crippen molar-refractivity contribution in [2.45, 2.75) is 38.8 Å². The summed E-state index contributed by atoms with van der Waals surface area (Å²) in [5.74, 6) is 0.464. The van der Waals surface area contributed by atoms with E-state index in [1.165, 1.54) is 6.07 Å². The second kappa shape index (κ2) is 6.42. The van der Waals surface area contributed by atoms with Gasteiger partial charge in [-0.15, -0.1) is 0 Å². The number of nitrogens with zero attached hydrogens (tertiary/aromatic N) is 2. The summed E-state index contributed by atoms with van der Waals surface area (Å²) in [5.41, 5.74) is 1.54. The Balaban J connectivity index is 1.82. The Labute approximate surface area is 136 Å². The first-order chi connectivity index (χ1) is 10.9. The fourth-order valence-electron chi connectivity index (χ4n) is 2.69. The molecule has 23 heavy (non-hydrogen) atoms. The number of aromatic nitrogens is 1. The summed E-state index contributed by atoms with van der Waals surface area (Å²) in [5, 5.41) is 0. The minimum absolute atomic E-state index is 0.0619. The molecule has 1 fully saturated rings. The van der Waals surface area contributed by atoms with Gasteiger partial charge in [0.2, 0.25) is 5.89 Å². The monoisotopic (exact) mass is 318 g/mol. The van der Waals surface area contributed by atoms with Gasteiger partial charge in [-0.1, -0.05) is 39.0 Å². The van der Waals surface area contributed by atoms with Crippen molar-refractivity contribution >= 4 is 0 Å². The van der Waals surface area contributed by atoms with Gasteiger partial charge in [0.15, 0.2) is 0 Å². The lowest BCUT2D eigenvalue weighted by Crippen LogP contribution is -2.39. The van der Waals surface area contributed by atoms with Gasteiger partial charge in [-0.25, -0.2) is 9.37 Å². The summed E-state index contributed by atoms with van der Waals surface area (Å²) < 4.78 is 25.2. The summed E-state index contributed by atoms with van der Waals surface area (Å²) in [6.45, 7) is 8.70. The second-order valence-electron chi connectivity index (χ2n) is 6.97. The Bertz CT molecular complexity index is 663. The molecule has 5 heteroatoms. The van der Waals surface area contributed by atoms with Crippen LogP contribution in [0.15, 0.2) is 34.9 Å². The zero-order valence-corrected chi connectivity index (χ0v) is 13.9. The van der Waals surface area contributed by atoms with Crippen molar-refractivity contribution in [1.29, 1.82) is 0 Å². The van der Waals surface area contributed by atoms with Crippen LogP contribution in [0.1, 0.15) is 44.0 Å². The third-order valence-corrected chi connectivity index (χ3v) is 4.15. The van der Waals surface area contributed by atoms with Gasteiger partial charge < -0.3 is 9.15 Å². The standard InChI is InChI=1S/C18H23FN2O2/c1-18(2,3)16-12-23-17(20-16)15-11-22-9-8-21(15)10-13-6-4-5-7-14(13)19/h4-7,12,15H,8-11H2,1-3H3. The molecule has 1 aliphatic heterocycles. The molecule has 124 valence electrons. The van der Waals surface area contributed by atoms with E-state index in [-0.39, 0.29) is 17.3 Å². The van der Waals surface area contributed by atoms with Gasteiger partial charge in [-0.2, -0.15) is 0 Å². The third kappa shape index (κ3) is 3.62. The van der Waals surface area contributed by atoms with Gasteiger partial charge in [-0.3, -0.25) is 4.90 Å². The summed E-state index contributed by atoms with van der Waals surface area (Å²) in [4.78, 5) is 6.80. The lowest BCUT2D eigenvalue weighted by Gasteiger charge is -2.33. The molecule has 0 saturated carbocycles. The summed E-state index contributed by atoms with van der Waals surface area (Å²) in [7, 11) is 0. The lowest BCUT2D eigenvalue weighted by atomic mass is 9.93. The maximum atomic E-state index is 13.9. The van der Waals surface area contributed by atoms with Crippen LogP contribution in [0.25, 0.3) is 0 Å². The van der Waals surface area contributed by atoms with Crippen LogP contribution < -0.4 is 0 Å². The molecule has 0 radical (unpaired) electrons. The minimum Gasteiger partial charge on any atom is -0.447 e. The quantitative estimate of drug-likeness (QED) is 0.865. The van der Waals surface area contributed by atoms with Gasteiger partial charge in [0.05, 0.1) is 18.9 Å². The normalized spacial score (nSPS) is 19.9. The highest BCUT2D eigenvalue weighted by Crippen LogP contribution is 2.29. The van der Waals surface area contributed by atoms with Crippen molar-refractivity contribution in [3.63, 3.8) is 0 Å². The van der Waals surface area contributed by atoms with E-state index in [9.17, 15) is 4.39 Å². The highest BCUT2D eigenvalue weighted by atomic mass is 19.1. The van der Waals surface area contributed by atoms with E-state index in [0.717, 1.165) is 12.2 Å². The SMILES string of the molecule is CC(C)(C)c1coc(C2COCCN2Cc2ccccc2F)n1. The van der Waals surface area contributed by atoms with Crippen molar-refractivity contribution in [2.24, 2.45) is 0 Å². The van der Waals surface area contributed by atoms with Crippen LogP contribution in [0.3, 0.4) is 0 Å². The van der Waals surface area contributed by atoms with Crippen LogP contribution in [0.4, 0.5) is 4.39 Å². The van der Waals surface area contributed by atoms with Crippen molar-refractivity contribution < 1.29 is 13.5 Å². The molecule has 0 N–H and O–H groups in total. The molecule has 1 aromatic heterocycles. The topological polar surface area (TPSA) is 38.5 Å². The van der Waals surface area contributed by atoms with E-state index < -0.39 is 0 Å². The van der Waals surface area contributed by atoms with Crippen molar-refractivity contribution in [1.82, 2.24) is 9.88 Å². The zero-order valence-electron chi connectivity index (χ0n) is 13.9. The molecule has 0 bridgehead atoms. The fraction of sp³-hybridized carbons (Fsp3) is 0.500. The molecule has 3 rings (SSSR count). The molecule has 4 nitrogen and oxygen atoms in total. The smallest absolute Gasteiger partial charge is 0.214 e. The molecule has 2 heterocycles. The molecule has 1 saturated heterocycles. The predicted molar refractivity (Wildman–Crippen MR) is 85.6 cm³/mol. The van der Waals surface area contributed by atoms with Gasteiger partial charge in [0, 0.05) is 24.1 Å². The molecular formula is C18H23FN2O2. The molecular weight excluding hydrogens is 295 g/mol. The van der Waals surface area contributed by atoms with Crippen molar-refractivity contribution in [3.05, 3.63) is 53.5 Å². The number of ether oxygens (including phenoxy) is 1. The van der Waals surface area contributed by atoms with Crippen LogP contribution in [0.2, 0.25) is 0 Å². The minimum atomic E-state index is -0.180. The average Bonchev–Trinajstić information content (AvgIpc) is 3.00. The van der Waals surface area contributed by atoms with Crippen molar-refractivity contribution in [2.75, 3.05) is 19.8 Å².